The smallest absolute Gasteiger partial charge is 0.225 e. The molecule has 2 rings (SSSR count). The molecule has 304 valence electrons. The van der Waals surface area contributed by atoms with Gasteiger partial charge in [0.25, 0.3) is 0 Å². The van der Waals surface area contributed by atoms with Crippen molar-refractivity contribution in [1.82, 2.24) is 15.5 Å². The Balaban J connectivity index is 1.82. The van der Waals surface area contributed by atoms with E-state index in [2.05, 4.69) is 31.8 Å². The van der Waals surface area contributed by atoms with E-state index in [1.165, 1.54) is 11.8 Å². The van der Waals surface area contributed by atoms with Crippen LogP contribution in [-0.4, -0.2) is 196 Å². The number of carbonyl (C=O) groups excluding carboxylic acids is 3. The van der Waals surface area contributed by atoms with E-state index in [0.29, 0.717) is 43.9 Å². The molecule has 3 amide bonds. The number of ether oxygens (including phenoxy) is 3. The highest BCUT2D eigenvalue weighted by molar-refractivity contribution is 7.99. The summed E-state index contributed by atoms with van der Waals surface area (Å²) < 4.78 is 17.6. The fourth-order valence-corrected chi connectivity index (χ4v) is 7.03. The Bertz CT molecular complexity index is 1110. The van der Waals surface area contributed by atoms with Crippen LogP contribution in [0.1, 0.15) is 53.4 Å². The minimum atomic E-state index is -1.79. The first-order valence-corrected chi connectivity index (χ1v) is 19.2. The molecule has 2 aliphatic rings. The van der Waals surface area contributed by atoms with Gasteiger partial charge in [0, 0.05) is 50.1 Å². The molecular formula is C34H65N4O13S+. The molecule has 0 aliphatic carbocycles. The van der Waals surface area contributed by atoms with Crippen molar-refractivity contribution in [1.29, 1.82) is 0 Å². The zero-order valence-electron chi connectivity index (χ0n) is 31.7. The summed E-state index contributed by atoms with van der Waals surface area (Å²) in [7, 11) is 6.31. The molecule has 18 heteroatoms. The fourth-order valence-electron chi connectivity index (χ4n) is 6.25. The van der Waals surface area contributed by atoms with Crippen molar-refractivity contribution in [3.05, 3.63) is 0 Å². The third kappa shape index (κ3) is 13.6. The number of nitrogens with zero attached hydrogens (tertiary/aromatic N) is 2. The van der Waals surface area contributed by atoms with Gasteiger partial charge in [0.1, 0.15) is 48.8 Å². The normalized spacial score (nSPS) is 30.4. The van der Waals surface area contributed by atoms with E-state index in [-0.39, 0.29) is 24.3 Å². The summed E-state index contributed by atoms with van der Waals surface area (Å²) in [5, 5.41) is 77.8. The number of carbonyl (C=O) groups is 3. The van der Waals surface area contributed by atoms with Crippen LogP contribution in [0.4, 0.5) is 0 Å². The van der Waals surface area contributed by atoms with Gasteiger partial charge in [-0.05, 0) is 25.0 Å². The summed E-state index contributed by atoms with van der Waals surface area (Å²) in [6.45, 7) is 7.59. The van der Waals surface area contributed by atoms with Gasteiger partial charge in [0.05, 0.1) is 40.9 Å². The number of quaternary nitrogens is 1. The molecule has 2 fully saturated rings. The Morgan fingerprint density at radius 2 is 1.52 bits per heavy atom. The third-order valence-electron chi connectivity index (χ3n) is 9.45. The predicted octanol–water partition coefficient (Wildman–Crippen LogP) is -2.65. The second kappa shape index (κ2) is 21.4. The maximum absolute atomic E-state index is 13.0. The molecule has 2 saturated heterocycles. The summed E-state index contributed by atoms with van der Waals surface area (Å²) in [5.41, 5.74) is -0.701. The minimum absolute atomic E-state index is 0.0657. The first-order chi connectivity index (χ1) is 24.3. The molecule has 0 bridgehead atoms. The first-order valence-electron chi connectivity index (χ1n) is 18.1. The summed E-state index contributed by atoms with van der Waals surface area (Å²) in [6.07, 6.45) is -13.3. The maximum atomic E-state index is 13.0. The van der Waals surface area contributed by atoms with Crippen molar-refractivity contribution in [2.45, 2.75) is 115 Å². The van der Waals surface area contributed by atoms with Crippen LogP contribution < -0.4 is 10.6 Å². The van der Waals surface area contributed by atoms with Crippen molar-refractivity contribution in [3.8, 4) is 0 Å². The molecule has 2 aliphatic heterocycles. The van der Waals surface area contributed by atoms with Crippen molar-refractivity contribution < 1.29 is 68.8 Å². The number of hydrogen-bond acceptors (Lipinski definition) is 14. The number of aliphatic hydroxyl groups is 7. The van der Waals surface area contributed by atoms with E-state index >= 15 is 0 Å². The van der Waals surface area contributed by atoms with Gasteiger partial charge in [-0.1, -0.05) is 20.8 Å². The molecule has 0 radical (unpaired) electrons. The van der Waals surface area contributed by atoms with Gasteiger partial charge in [-0.25, -0.2) is 0 Å². The SMILES string of the molecule is CCC(CC(C)(C)C(=O)NCCC[N+](C)(C)C)C(=O)NCCSCCCN(C(C)=O)[C@H]1O[C@H](CO)[C@@H](O[C@@H]2OC(CO)[C@H](O)[C@H](O)C2O)C(O)C1O. The second-order valence-electron chi connectivity index (χ2n) is 15.3. The average Bonchev–Trinajstić information content (AvgIpc) is 3.08. The Kier molecular flexibility index (Phi) is 19.1. The average molecular weight is 770 g/mol. The van der Waals surface area contributed by atoms with Crippen molar-refractivity contribution in [3.63, 3.8) is 0 Å². The van der Waals surface area contributed by atoms with E-state index in [9.17, 15) is 50.1 Å². The van der Waals surface area contributed by atoms with E-state index in [1.807, 2.05) is 20.8 Å². The quantitative estimate of drug-likeness (QED) is 0.0428. The summed E-state index contributed by atoms with van der Waals surface area (Å²) in [5.74, 6) is 0.252. The van der Waals surface area contributed by atoms with Gasteiger partial charge in [-0.15, -0.1) is 0 Å². The molecule has 52 heavy (non-hydrogen) atoms. The van der Waals surface area contributed by atoms with Crippen molar-refractivity contribution >= 4 is 29.5 Å². The lowest BCUT2D eigenvalue weighted by Crippen LogP contribution is -2.67. The number of hydrogen-bond donors (Lipinski definition) is 9. The van der Waals surface area contributed by atoms with Crippen LogP contribution in [-0.2, 0) is 28.6 Å². The zero-order chi connectivity index (χ0) is 39.4. The lowest BCUT2D eigenvalue weighted by Gasteiger charge is -2.48. The van der Waals surface area contributed by atoms with Gasteiger partial charge in [-0.2, -0.15) is 11.8 Å². The lowest BCUT2D eigenvalue weighted by atomic mass is 9.80. The molecule has 0 aromatic carbocycles. The Labute approximate surface area is 311 Å². The van der Waals surface area contributed by atoms with E-state index in [4.69, 9.17) is 14.2 Å². The highest BCUT2D eigenvalue weighted by atomic mass is 32.2. The van der Waals surface area contributed by atoms with Crippen LogP contribution in [0.2, 0.25) is 0 Å². The van der Waals surface area contributed by atoms with Crippen molar-refractivity contribution in [2.24, 2.45) is 11.3 Å². The van der Waals surface area contributed by atoms with Crippen LogP contribution in [0.15, 0.2) is 0 Å². The number of thioether (sulfide) groups is 1. The molecule has 0 spiro atoms. The number of nitrogens with one attached hydrogen (secondary N) is 2. The van der Waals surface area contributed by atoms with Gasteiger partial charge in [0.2, 0.25) is 17.7 Å². The fraction of sp³-hybridized carbons (Fsp3) is 0.912. The molecule has 2 heterocycles. The van der Waals surface area contributed by atoms with E-state index in [1.54, 1.807) is 11.8 Å². The van der Waals surface area contributed by atoms with Gasteiger partial charge >= 0.3 is 0 Å². The lowest BCUT2D eigenvalue weighted by molar-refractivity contribution is -0.870. The van der Waals surface area contributed by atoms with Crippen LogP contribution in [0.5, 0.6) is 0 Å². The predicted molar refractivity (Wildman–Crippen MR) is 191 cm³/mol. The monoisotopic (exact) mass is 769 g/mol. The van der Waals surface area contributed by atoms with E-state index in [0.717, 1.165) is 17.4 Å². The number of aliphatic hydroxyl groups excluding tert-OH is 7. The number of rotatable bonds is 21. The van der Waals surface area contributed by atoms with Crippen LogP contribution in [0.25, 0.3) is 0 Å². The summed E-state index contributed by atoms with van der Waals surface area (Å²) >= 11 is 1.55. The van der Waals surface area contributed by atoms with Crippen LogP contribution in [0.3, 0.4) is 0 Å². The summed E-state index contributed by atoms with van der Waals surface area (Å²) in [4.78, 5) is 39.6. The van der Waals surface area contributed by atoms with E-state index < -0.39 is 85.9 Å². The van der Waals surface area contributed by atoms with Gasteiger partial charge in [0.15, 0.2) is 12.5 Å². The molecule has 9 N–H and O–H groups in total. The molecule has 0 saturated carbocycles. The molecule has 0 aromatic rings. The Hall–Kier alpha value is -1.68. The Morgan fingerprint density at radius 3 is 2.10 bits per heavy atom. The topological polar surface area (TPSA) is 248 Å². The summed E-state index contributed by atoms with van der Waals surface area (Å²) in [6, 6.07) is 0. The molecule has 0 aromatic heterocycles. The Morgan fingerprint density at radius 1 is 0.865 bits per heavy atom. The standard InChI is InChI=1S/C34H64N4O13S/c1-8-21(17-34(3,4)33(48)36-11-9-14-38(5,6)7)30(47)35-12-16-52-15-10-13-37(20(2)41)31-27(45)26(44)29(23(19-40)49-31)51-32-28(46)25(43)24(42)22(18-39)50-32/h21-29,31-32,39-40,42-46H,8-19H2,1-7H3,(H-,35,36,47,48)/p+1/t21?,22?,23-,24+,25+,26?,27?,28?,29-,31+,32+/m1/s1. The largest absolute Gasteiger partial charge is 0.394 e. The first kappa shape index (κ1) is 46.5. The van der Waals surface area contributed by atoms with Crippen LogP contribution >= 0.6 is 11.8 Å². The van der Waals surface area contributed by atoms with Gasteiger partial charge in [-0.3, -0.25) is 14.4 Å². The highest BCUT2D eigenvalue weighted by Crippen LogP contribution is 2.31. The molecular weight excluding hydrogens is 704 g/mol. The van der Waals surface area contributed by atoms with Crippen molar-refractivity contribution in [2.75, 3.05) is 72.0 Å². The third-order valence-corrected chi connectivity index (χ3v) is 10.5. The number of amides is 3. The molecule has 11 atom stereocenters. The highest BCUT2D eigenvalue weighted by Gasteiger charge is 2.51. The van der Waals surface area contributed by atoms with Gasteiger partial charge < -0.3 is 70.0 Å². The molecule has 5 unspecified atom stereocenters. The maximum Gasteiger partial charge on any atom is 0.225 e. The zero-order valence-corrected chi connectivity index (χ0v) is 32.5. The minimum Gasteiger partial charge on any atom is -0.394 e. The molecule has 17 nitrogen and oxygen atoms in total. The van der Waals surface area contributed by atoms with Crippen LogP contribution in [0, 0.1) is 11.3 Å². The second-order valence-corrected chi connectivity index (χ2v) is 16.5.